The predicted octanol–water partition coefficient (Wildman–Crippen LogP) is 9.15. The number of hydrazone groups is 1. The standard InChI is InChI=1S/C39H33ClN4O5S/c1-46-35-20-27(13-18-34(35)48-23-26-9-5-3-6-10-26)24-49-37-32(40)19-28(21-36(37)47-2)22-41-44-38(45)30-16-14-29(15-17-30)33-25-50-39(43-33)42-31-11-7-4-8-12-31/h3-22,25H,23-24H2,1-2H3,(H,42,43)(H,44,45)/b41-22+. The van der Waals surface area contributed by atoms with Crippen LogP contribution < -0.4 is 29.7 Å². The van der Waals surface area contributed by atoms with Gasteiger partial charge in [-0.1, -0.05) is 78.3 Å². The summed E-state index contributed by atoms with van der Waals surface area (Å²) in [6.45, 7) is 0.636. The van der Waals surface area contributed by atoms with Crippen LogP contribution in [0.3, 0.4) is 0 Å². The number of methoxy groups -OCH3 is 2. The molecular formula is C39H33ClN4O5S. The smallest absolute Gasteiger partial charge is 0.271 e. The van der Waals surface area contributed by atoms with E-state index in [-0.39, 0.29) is 12.5 Å². The van der Waals surface area contributed by atoms with E-state index in [0.717, 1.165) is 33.2 Å². The van der Waals surface area contributed by atoms with E-state index in [4.69, 9.17) is 30.5 Å². The highest BCUT2D eigenvalue weighted by molar-refractivity contribution is 7.14. The fraction of sp³-hybridized carbons (Fsp3) is 0.103. The monoisotopic (exact) mass is 704 g/mol. The first-order chi connectivity index (χ1) is 24.5. The number of hydrogen-bond acceptors (Lipinski definition) is 9. The van der Waals surface area contributed by atoms with Crippen LogP contribution in [0.15, 0.2) is 126 Å². The second-order valence-electron chi connectivity index (χ2n) is 10.9. The SMILES string of the molecule is COc1cc(COc2c(Cl)cc(/C=N/NC(=O)c3ccc(-c4csc(Nc5ccccc5)n4)cc3)cc2OC)ccc1OCc1ccccc1. The van der Waals surface area contributed by atoms with Gasteiger partial charge in [0.25, 0.3) is 5.91 Å². The highest BCUT2D eigenvalue weighted by atomic mass is 35.5. The number of ether oxygens (including phenoxy) is 4. The van der Waals surface area contributed by atoms with E-state index >= 15 is 0 Å². The molecule has 0 saturated carbocycles. The van der Waals surface area contributed by atoms with Gasteiger partial charge in [0.05, 0.1) is 31.2 Å². The van der Waals surface area contributed by atoms with Gasteiger partial charge in [0.15, 0.2) is 28.1 Å². The van der Waals surface area contributed by atoms with E-state index in [2.05, 4.69) is 20.8 Å². The topological polar surface area (TPSA) is 103 Å². The largest absolute Gasteiger partial charge is 0.493 e. The number of aromatic nitrogens is 1. The molecule has 0 fully saturated rings. The zero-order chi connectivity index (χ0) is 34.7. The molecule has 252 valence electrons. The predicted molar refractivity (Wildman–Crippen MR) is 198 cm³/mol. The van der Waals surface area contributed by atoms with Crippen LogP contribution >= 0.6 is 22.9 Å². The first-order valence-corrected chi connectivity index (χ1v) is 16.8. The number of rotatable bonds is 14. The molecule has 0 aliphatic rings. The van der Waals surface area contributed by atoms with Gasteiger partial charge in [-0.25, -0.2) is 10.4 Å². The molecule has 1 amide bonds. The van der Waals surface area contributed by atoms with Crippen molar-refractivity contribution in [3.63, 3.8) is 0 Å². The van der Waals surface area contributed by atoms with E-state index in [0.29, 0.717) is 45.8 Å². The first kappa shape index (κ1) is 34.0. The van der Waals surface area contributed by atoms with Crippen molar-refractivity contribution in [2.45, 2.75) is 13.2 Å². The lowest BCUT2D eigenvalue weighted by molar-refractivity contribution is 0.0955. The Morgan fingerprint density at radius 3 is 2.26 bits per heavy atom. The molecule has 2 N–H and O–H groups in total. The third-order valence-electron chi connectivity index (χ3n) is 7.45. The lowest BCUT2D eigenvalue weighted by atomic mass is 10.1. The average Bonchev–Trinajstić information content (AvgIpc) is 3.62. The number of para-hydroxylation sites is 1. The summed E-state index contributed by atoms with van der Waals surface area (Å²) >= 11 is 8.11. The fourth-order valence-corrected chi connectivity index (χ4v) is 5.91. The molecule has 6 rings (SSSR count). The molecule has 0 saturated heterocycles. The zero-order valence-corrected chi connectivity index (χ0v) is 28.8. The minimum Gasteiger partial charge on any atom is -0.493 e. The molecule has 0 spiro atoms. The van der Waals surface area contributed by atoms with Gasteiger partial charge < -0.3 is 24.3 Å². The van der Waals surface area contributed by atoms with Gasteiger partial charge in [-0.2, -0.15) is 5.10 Å². The maximum atomic E-state index is 12.8. The summed E-state index contributed by atoms with van der Waals surface area (Å²) < 4.78 is 23.1. The van der Waals surface area contributed by atoms with Gasteiger partial charge in [0.1, 0.15) is 13.2 Å². The quantitative estimate of drug-likeness (QED) is 0.0861. The molecule has 1 aromatic heterocycles. The second kappa shape index (κ2) is 16.5. The van der Waals surface area contributed by atoms with Gasteiger partial charge in [0, 0.05) is 22.2 Å². The number of carbonyl (C=O) groups excluding carboxylic acids is 1. The molecule has 50 heavy (non-hydrogen) atoms. The average molecular weight is 705 g/mol. The Labute approximate surface area is 299 Å². The number of carbonyl (C=O) groups is 1. The lowest BCUT2D eigenvalue weighted by Crippen LogP contribution is -2.17. The Morgan fingerprint density at radius 2 is 1.52 bits per heavy atom. The number of thiazole rings is 1. The normalized spacial score (nSPS) is 10.9. The van der Waals surface area contributed by atoms with Crippen molar-refractivity contribution in [3.05, 3.63) is 148 Å². The van der Waals surface area contributed by atoms with Gasteiger partial charge in [-0.05, 0) is 65.2 Å². The van der Waals surface area contributed by atoms with Crippen molar-refractivity contribution in [1.29, 1.82) is 0 Å². The number of nitrogens with one attached hydrogen (secondary N) is 2. The van der Waals surface area contributed by atoms with Crippen molar-refractivity contribution in [2.24, 2.45) is 5.10 Å². The number of anilines is 2. The first-order valence-electron chi connectivity index (χ1n) is 15.5. The number of halogens is 1. The summed E-state index contributed by atoms with van der Waals surface area (Å²) in [6, 6.07) is 36.0. The van der Waals surface area contributed by atoms with E-state index in [1.54, 1.807) is 31.4 Å². The van der Waals surface area contributed by atoms with Crippen molar-refractivity contribution in [2.75, 3.05) is 19.5 Å². The minimum absolute atomic E-state index is 0.210. The summed E-state index contributed by atoms with van der Waals surface area (Å²) in [5.41, 5.74) is 8.22. The second-order valence-corrected chi connectivity index (χ2v) is 12.2. The Hall–Kier alpha value is -5.84. The molecule has 9 nitrogen and oxygen atoms in total. The molecule has 6 aromatic rings. The molecule has 0 aliphatic heterocycles. The van der Waals surface area contributed by atoms with E-state index in [1.165, 1.54) is 24.7 Å². The van der Waals surface area contributed by atoms with Crippen LogP contribution in [-0.4, -0.2) is 31.3 Å². The zero-order valence-electron chi connectivity index (χ0n) is 27.3. The summed E-state index contributed by atoms with van der Waals surface area (Å²) in [7, 11) is 3.12. The Morgan fingerprint density at radius 1 is 0.800 bits per heavy atom. The van der Waals surface area contributed by atoms with Gasteiger partial charge in [-0.15, -0.1) is 11.3 Å². The van der Waals surface area contributed by atoms with Crippen molar-refractivity contribution in [1.82, 2.24) is 10.4 Å². The molecule has 0 bridgehead atoms. The van der Waals surface area contributed by atoms with Gasteiger partial charge in [-0.3, -0.25) is 4.79 Å². The maximum absolute atomic E-state index is 12.8. The molecule has 11 heteroatoms. The van der Waals surface area contributed by atoms with E-state index in [9.17, 15) is 4.79 Å². The van der Waals surface area contributed by atoms with Crippen LogP contribution in [-0.2, 0) is 13.2 Å². The highest BCUT2D eigenvalue weighted by Crippen LogP contribution is 2.37. The number of amides is 1. The molecule has 0 atom stereocenters. The van der Waals surface area contributed by atoms with E-state index in [1.807, 2.05) is 96.4 Å². The summed E-state index contributed by atoms with van der Waals surface area (Å²) in [5, 5.41) is 10.5. The highest BCUT2D eigenvalue weighted by Gasteiger charge is 2.14. The molecule has 0 aliphatic carbocycles. The lowest BCUT2D eigenvalue weighted by Gasteiger charge is -2.15. The third-order valence-corrected chi connectivity index (χ3v) is 8.49. The van der Waals surface area contributed by atoms with Crippen molar-refractivity contribution >= 4 is 45.9 Å². The Balaban J connectivity index is 1.03. The van der Waals surface area contributed by atoms with Crippen LogP contribution in [0, 0.1) is 0 Å². The molecule has 1 heterocycles. The Bertz CT molecular complexity index is 2070. The minimum atomic E-state index is -0.359. The van der Waals surface area contributed by atoms with Gasteiger partial charge >= 0.3 is 0 Å². The fourth-order valence-electron chi connectivity index (χ4n) is 4.90. The molecule has 0 unspecified atom stereocenters. The summed E-state index contributed by atoms with van der Waals surface area (Å²) in [4.78, 5) is 17.4. The summed E-state index contributed by atoms with van der Waals surface area (Å²) in [5.74, 6) is 1.66. The third kappa shape index (κ3) is 8.79. The molecular weight excluding hydrogens is 672 g/mol. The van der Waals surface area contributed by atoms with Crippen molar-refractivity contribution < 1.29 is 23.7 Å². The van der Waals surface area contributed by atoms with Crippen LogP contribution in [0.25, 0.3) is 11.3 Å². The van der Waals surface area contributed by atoms with Crippen LogP contribution in [0.4, 0.5) is 10.8 Å². The maximum Gasteiger partial charge on any atom is 0.271 e. The molecule has 0 radical (unpaired) electrons. The number of hydrogen-bond donors (Lipinski definition) is 2. The Kier molecular flexibility index (Phi) is 11.2. The summed E-state index contributed by atoms with van der Waals surface area (Å²) in [6.07, 6.45) is 1.49. The van der Waals surface area contributed by atoms with E-state index < -0.39 is 0 Å². The number of benzene rings is 5. The van der Waals surface area contributed by atoms with Crippen LogP contribution in [0.2, 0.25) is 5.02 Å². The van der Waals surface area contributed by atoms with Crippen molar-refractivity contribution in [3.8, 4) is 34.3 Å². The van der Waals surface area contributed by atoms with Gasteiger partial charge in [0.2, 0.25) is 0 Å². The van der Waals surface area contributed by atoms with Crippen LogP contribution in [0.1, 0.15) is 27.0 Å². The molecule has 5 aromatic carbocycles. The van der Waals surface area contributed by atoms with Crippen LogP contribution in [0.5, 0.6) is 23.0 Å². The number of nitrogens with zero attached hydrogens (tertiary/aromatic N) is 2.